The number of nitrogens with one attached hydrogen (secondary N) is 1. The highest BCUT2D eigenvalue weighted by atomic mass is 16.7. The van der Waals surface area contributed by atoms with Crippen LogP contribution in [0.4, 0.5) is 0 Å². The molecule has 1 N–H and O–H groups in total. The van der Waals surface area contributed by atoms with Crippen LogP contribution in [0.1, 0.15) is 117 Å². The Morgan fingerprint density at radius 1 is 1.12 bits per heavy atom. The molecule has 7 nitrogen and oxygen atoms in total. The lowest BCUT2D eigenvalue weighted by Gasteiger charge is -2.19. The van der Waals surface area contributed by atoms with Crippen LogP contribution < -0.4 is 5.32 Å². The third-order valence-corrected chi connectivity index (χ3v) is 6.59. The number of aliphatic imine (C=N–C) groups is 1. The second-order valence-electron chi connectivity index (χ2n) is 10.4. The predicted octanol–water partition coefficient (Wildman–Crippen LogP) is 8.10. The molecule has 0 saturated carbocycles. The Morgan fingerprint density at radius 2 is 1.71 bits per heavy atom. The van der Waals surface area contributed by atoms with E-state index in [1.54, 1.807) is 38.5 Å². The van der Waals surface area contributed by atoms with Gasteiger partial charge < -0.3 is 19.5 Å². The van der Waals surface area contributed by atoms with Gasteiger partial charge in [0.05, 0.1) is 12.2 Å². The summed E-state index contributed by atoms with van der Waals surface area (Å²) in [5, 5.41) is 2.76. The zero-order valence-corrected chi connectivity index (χ0v) is 28.1. The number of ether oxygens (including phenoxy) is 3. The molecule has 0 bridgehead atoms. The Labute approximate surface area is 251 Å². The molecule has 1 heterocycles. The fourth-order valence-electron chi connectivity index (χ4n) is 3.33. The molecule has 1 aromatic rings. The molecule has 0 spiro atoms. The van der Waals surface area contributed by atoms with Gasteiger partial charge in [0.15, 0.2) is 11.6 Å². The van der Waals surface area contributed by atoms with E-state index in [9.17, 15) is 9.59 Å². The SMILES string of the molecule is C/C=C\C(=NCC(=O)c1ccc(C)cc1)NC(=O)C(C)CC.CC.CCCCC1CCC(C)O1.COC(C)(C)OC. The number of methoxy groups -OCH3 is 2. The number of nitrogens with zero attached hydrogens (tertiary/aromatic N) is 1. The van der Waals surface area contributed by atoms with Crippen LogP contribution in [0.25, 0.3) is 0 Å². The van der Waals surface area contributed by atoms with Crippen LogP contribution in [0.3, 0.4) is 0 Å². The highest BCUT2D eigenvalue weighted by Gasteiger charge is 2.20. The summed E-state index contributed by atoms with van der Waals surface area (Å²) in [6.07, 6.45) is 11.8. The molecule has 3 atom stereocenters. The zero-order valence-electron chi connectivity index (χ0n) is 28.1. The molecule has 1 aliphatic heterocycles. The fraction of sp³-hybridized carbons (Fsp3) is 0.676. The van der Waals surface area contributed by atoms with Gasteiger partial charge in [-0.25, -0.2) is 0 Å². The Balaban J connectivity index is 0. The molecule has 41 heavy (non-hydrogen) atoms. The van der Waals surface area contributed by atoms with E-state index in [1.165, 1.54) is 32.1 Å². The Bertz CT molecular complexity index is 872. The molecular weight excluding hydrogens is 516 g/mol. The maximum Gasteiger partial charge on any atom is 0.228 e. The van der Waals surface area contributed by atoms with Gasteiger partial charge in [-0.15, -0.1) is 0 Å². The van der Waals surface area contributed by atoms with Gasteiger partial charge >= 0.3 is 0 Å². The van der Waals surface area contributed by atoms with Crippen LogP contribution in [0.2, 0.25) is 0 Å². The maximum absolute atomic E-state index is 12.1. The third kappa shape index (κ3) is 20.2. The van der Waals surface area contributed by atoms with Gasteiger partial charge in [0, 0.05) is 25.7 Å². The standard InChI is InChI=1S/C18H24N2O2.C9H18O.C5H12O2.C2H6/c1-5-7-17(20-18(22)14(4)6-2)19-12-16(21)15-10-8-13(3)9-11-15;1-3-4-5-9-7-6-8(2)10-9;1-5(2,6-3)7-4;1-2/h5,7-11,14H,6,12H2,1-4H3,(H,19,20,22);8-9H,3-7H2,1-2H3;1-4H3;1-2H3/b7-5-;;;. The molecule has 236 valence electrons. The summed E-state index contributed by atoms with van der Waals surface area (Å²) in [5.74, 6) is -0.224. The van der Waals surface area contributed by atoms with E-state index in [4.69, 9.17) is 14.2 Å². The number of hydrogen-bond acceptors (Lipinski definition) is 6. The van der Waals surface area contributed by atoms with Gasteiger partial charge in [-0.05, 0) is 66.4 Å². The van der Waals surface area contributed by atoms with Crippen LogP contribution in [-0.4, -0.2) is 56.3 Å². The second kappa shape index (κ2) is 24.3. The summed E-state index contributed by atoms with van der Waals surface area (Å²) in [5.41, 5.74) is 1.73. The number of aryl methyl sites for hydroxylation is 1. The van der Waals surface area contributed by atoms with Gasteiger partial charge in [-0.3, -0.25) is 14.6 Å². The predicted molar refractivity (Wildman–Crippen MR) is 173 cm³/mol. The van der Waals surface area contributed by atoms with Gasteiger partial charge in [0.25, 0.3) is 0 Å². The van der Waals surface area contributed by atoms with Gasteiger partial charge in [0.2, 0.25) is 5.91 Å². The lowest BCUT2D eigenvalue weighted by Crippen LogP contribution is -2.34. The van der Waals surface area contributed by atoms with Crippen molar-refractivity contribution in [2.75, 3.05) is 20.8 Å². The van der Waals surface area contributed by atoms with E-state index in [-0.39, 0.29) is 24.2 Å². The van der Waals surface area contributed by atoms with Crippen molar-refractivity contribution in [1.29, 1.82) is 0 Å². The molecular formula is C34H60N2O5. The smallest absolute Gasteiger partial charge is 0.228 e. The molecule has 7 heteroatoms. The Kier molecular flexibility index (Phi) is 24.1. The molecule has 0 aliphatic carbocycles. The summed E-state index contributed by atoms with van der Waals surface area (Å²) in [7, 11) is 3.23. The summed E-state index contributed by atoms with van der Waals surface area (Å²) in [6, 6.07) is 7.38. The molecule has 1 aliphatic rings. The average Bonchev–Trinajstić information content (AvgIpc) is 3.41. The van der Waals surface area contributed by atoms with Crippen LogP contribution in [0.5, 0.6) is 0 Å². The monoisotopic (exact) mass is 576 g/mol. The highest BCUT2D eigenvalue weighted by molar-refractivity contribution is 6.06. The van der Waals surface area contributed by atoms with E-state index in [2.05, 4.69) is 24.2 Å². The number of Topliss-reactive ketones (excluding diaryl/α,β-unsaturated/α-hetero) is 1. The first kappa shape index (κ1) is 40.8. The summed E-state index contributed by atoms with van der Waals surface area (Å²) >= 11 is 0. The second-order valence-corrected chi connectivity index (χ2v) is 10.4. The number of carbonyl (C=O) groups excluding carboxylic acids is 2. The van der Waals surface area contributed by atoms with Crippen molar-refractivity contribution in [2.45, 2.75) is 126 Å². The van der Waals surface area contributed by atoms with Crippen LogP contribution >= 0.6 is 0 Å². The normalized spacial score (nSPS) is 17.3. The molecule has 3 unspecified atom stereocenters. The zero-order chi connectivity index (χ0) is 31.8. The van der Waals surface area contributed by atoms with Crippen molar-refractivity contribution < 1.29 is 23.8 Å². The molecule has 1 amide bonds. The minimum atomic E-state index is -0.417. The first-order valence-corrected chi connectivity index (χ1v) is 15.3. The molecule has 1 aromatic carbocycles. The van der Waals surface area contributed by atoms with E-state index in [0.717, 1.165) is 12.0 Å². The lowest BCUT2D eigenvalue weighted by molar-refractivity contribution is -0.178. The quantitative estimate of drug-likeness (QED) is 0.124. The van der Waals surface area contributed by atoms with Crippen LogP contribution in [-0.2, 0) is 19.0 Å². The van der Waals surface area contributed by atoms with E-state index in [1.807, 2.05) is 67.5 Å². The number of hydrogen-bond donors (Lipinski definition) is 1. The Hall–Kier alpha value is -2.35. The lowest BCUT2D eigenvalue weighted by atomic mass is 10.1. The average molecular weight is 577 g/mol. The maximum atomic E-state index is 12.1. The number of allylic oxidation sites excluding steroid dienone is 1. The van der Waals surface area contributed by atoms with Crippen molar-refractivity contribution >= 4 is 17.5 Å². The first-order valence-electron chi connectivity index (χ1n) is 15.3. The van der Waals surface area contributed by atoms with Crippen molar-refractivity contribution in [3.05, 3.63) is 47.5 Å². The van der Waals surface area contributed by atoms with Crippen molar-refractivity contribution in [3.8, 4) is 0 Å². The number of carbonyl (C=O) groups is 2. The van der Waals surface area contributed by atoms with Crippen LogP contribution in [0, 0.1) is 12.8 Å². The number of amides is 1. The summed E-state index contributed by atoms with van der Waals surface area (Å²) in [4.78, 5) is 28.2. The molecule has 1 fully saturated rings. The Morgan fingerprint density at radius 3 is 2.12 bits per heavy atom. The fourth-order valence-corrected chi connectivity index (χ4v) is 3.33. The number of unbranched alkanes of at least 4 members (excludes halogenated alkanes) is 1. The first-order chi connectivity index (χ1) is 19.4. The number of ketones is 1. The summed E-state index contributed by atoms with van der Waals surface area (Å²) in [6.45, 7) is 19.8. The third-order valence-electron chi connectivity index (χ3n) is 6.59. The van der Waals surface area contributed by atoms with Crippen molar-refractivity contribution in [1.82, 2.24) is 5.32 Å². The van der Waals surface area contributed by atoms with Gasteiger partial charge in [0.1, 0.15) is 12.4 Å². The van der Waals surface area contributed by atoms with Gasteiger partial charge in [-0.1, -0.05) is 83.4 Å². The largest absolute Gasteiger partial charge is 0.375 e. The molecule has 1 saturated heterocycles. The molecule has 0 radical (unpaired) electrons. The minimum absolute atomic E-state index is 0.0174. The van der Waals surface area contributed by atoms with Crippen molar-refractivity contribution in [2.24, 2.45) is 10.9 Å². The van der Waals surface area contributed by atoms with E-state index < -0.39 is 5.79 Å². The van der Waals surface area contributed by atoms with Gasteiger partial charge in [-0.2, -0.15) is 0 Å². The number of rotatable bonds is 11. The van der Waals surface area contributed by atoms with E-state index >= 15 is 0 Å². The topological polar surface area (TPSA) is 86.2 Å². The number of benzene rings is 1. The number of amidine groups is 1. The highest BCUT2D eigenvalue weighted by Crippen LogP contribution is 2.22. The van der Waals surface area contributed by atoms with E-state index in [0.29, 0.717) is 23.6 Å². The van der Waals surface area contributed by atoms with Crippen LogP contribution in [0.15, 0.2) is 41.4 Å². The van der Waals surface area contributed by atoms with Crippen molar-refractivity contribution in [3.63, 3.8) is 0 Å². The minimum Gasteiger partial charge on any atom is -0.375 e. The summed E-state index contributed by atoms with van der Waals surface area (Å²) < 4.78 is 15.4. The molecule has 0 aromatic heterocycles. The molecule has 2 rings (SSSR count).